The SMILES string of the molecule is Cn1nccc1C(=O)Nc1ccc(S(=O)(=O)Cl)cc1. The normalized spacial score (nSPS) is 11.3. The molecule has 1 amide bonds. The topological polar surface area (TPSA) is 81.1 Å². The average Bonchev–Trinajstić information content (AvgIpc) is 2.75. The molecule has 1 N–H and O–H groups in total. The molecule has 100 valence electrons. The van der Waals surface area contributed by atoms with Crippen LogP contribution in [0.1, 0.15) is 10.5 Å². The van der Waals surface area contributed by atoms with E-state index in [4.69, 9.17) is 10.7 Å². The lowest BCUT2D eigenvalue weighted by atomic mass is 10.3. The minimum Gasteiger partial charge on any atom is -0.321 e. The molecule has 0 radical (unpaired) electrons. The summed E-state index contributed by atoms with van der Waals surface area (Å²) in [6.45, 7) is 0. The lowest BCUT2D eigenvalue weighted by Crippen LogP contribution is -2.16. The van der Waals surface area contributed by atoms with Gasteiger partial charge in [-0.25, -0.2) is 8.42 Å². The summed E-state index contributed by atoms with van der Waals surface area (Å²) in [6.07, 6.45) is 1.51. The summed E-state index contributed by atoms with van der Waals surface area (Å²) in [7, 11) is 3.09. The second kappa shape index (κ2) is 5.02. The summed E-state index contributed by atoms with van der Waals surface area (Å²) in [4.78, 5) is 11.8. The first kappa shape index (κ1) is 13.6. The van der Waals surface area contributed by atoms with Crippen LogP contribution in [0.3, 0.4) is 0 Å². The average molecular weight is 300 g/mol. The highest BCUT2D eigenvalue weighted by Crippen LogP contribution is 2.18. The Kier molecular flexibility index (Phi) is 3.59. The predicted molar refractivity (Wildman–Crippen MR) is 70.6 cm³/mol. The molecule has 0 bridgehead atoms. The molecule has 0 unspecified atom stereocenters. The first-order valence-electron chi connectivity index (χ1n) is 5.22. The highest BCUT2D eigenvalue weighted by atomic mass is 35.7. The van der Waals surface area contributed by atoms with Gasteiger partial charge in [0, 0.05) is 29.6 Å². The van der Waals surface area contributed by atoms with E-state index < -0.39 is 9.05 Å². The van der Waals surface area contributed by atoms with Gasteiger partial charge in [-0.3, -0.25) is 9.48 Å². The predicted octanol–water partition coefficient (Wildman–Crippen LogP) is 1.60. The van der Waals surface area contributed by atoms with E-state index in [1.165, 1.54) is 35.1 Å². The number of halogens is 1. The van der Waals surface area contributed by atoms with Gasteiger partial charge in [0.15, 0.2) is 0 Å². The van der Waals surface area contributed by atoms with Crippen LogP contribution in [-0.4, -0.2) is 24.1 Å². The Labute approximate surface area is 114 Å². The maximum atomic E-state index is 11.9. The molecule has 0 aliphatic heterocycles. The van der Waals surface area contributed by atoms with Crippen LogP contribution in [0.2, 0.25) is 0 Å². The second-order valence-corrected chi connectivity index (χ2v) is 6.32. The third kappa shape index (κ3) is 3.12. The quantitative estimate of drug-likeness (QED) is 0.873. The van der Waals surface area contributed by atoms with Crippen molar-refractivity contribution in [3.63, 3.8) is 0 Å². The Balaban J connectivity index is 2.17. The Morgan fingerprint density at radius 2 is 1.89 bits per heavy atom. The van der Waals surface area contributed by atoms with Gasteiger partial charge in [-0.05, 0) is 30.3 Å². The fourth-order valence-electron chi connectivity index (χ4n) is 1.49. The minimum absolute atomic E-state index is 0.0206. The molecule has 0 fully saturated rings. The van der Waals surface area contributed by atoms with Gasteiger partial charge >= 0.3 is 0 Å². The number of anilines is 1. The third-order valence-electron chi connectivity index (χ3n) is 2.45. The zero-order valence-corrected chi connectivity index (χ0v) is 11.4. The van der Waals surface area contributed by atoms with Gasteiger partial charge in [-0.1, -0.05) is 0 Å². The molecule has 1 aromatic carbocycles. The monoisotopic (exact) mass is 299 g/mol. The summed E-state index contributed by atoms with van der Waals surface area (Å²) in [5.74, 6) is -0.332. The number of hydrogen-bond acceptors (Lipinski definition) is 4. The molecule has 6 nitrogen and oxygen atoms in total. The van der Waals surface area contributed by atoms with Crippen molar-refractivity contribution in [2.75, 3.05) is 5.32 Å². The summed E-state index contributed by atoms with van der Waals surface area (Å²) < 4.78 is 23.6. The molecule has 0 atom stereocenters. The van der Waals surface area contributed by atoms with Crippen LogP contribution in [0.15, 0.2) is 41.4 Å². The Morgan fingerprint density at radius 3 is 2.37 bits per heavy atom. The van der Waals surface area contributed by atoms with Crippen molar-refractivity contribution >= 4 is 31.3 Å². The zero-order chi connectivity index (χ0) is 14.0. The maximum absolute atomic E-state index is 11.9. The van der Waals surface area contributed by atoms with Crippen LogP contribution in [-0.2, 0) is 16.1 Å². The van der Waals surface area contributed by atoms with E-state index in [0.29, 0.717) is 11.4 Å². The first-order valence-corrected chi connectivity index (χ1v) is 7.53. The van der Waals surface area contributed by atoms with Crippen LogP contribution in [0, 0.1) is 0 Å². The lowest BCUT2D eigenvalue weighted by molar-refractivity contribution is 0.101. The number of nitrogens with one attached hydrogen (secondary N) is 1. The van der Waals surface area contributed by atoms with Crippen molar-refractivity contribution in [1.29, 1.82) is 0 Å². The van der Waals surface area contributed by atoms with Crippen LogP contribution >= 0.6 is 10.7 Å². The number of carbonyl (C=O) groups is 1. The van der Waals surface area contributed by atoms with E-state index in [1.54, 1.807) is 13.1 Å². The molecular formula is C11H10ClN3O3S. The molecule has 1 heterocycles. The second-order valence-electron chi connectivity index (χ2n) is 3.76. The molecule has 2 rings (SSSR count). The van der Waals surface area contributed by atoms with Gasteiger partial charge in [-0.15, -0.1) is 0 Å². The van der Waals surface area contributed by atoms with Crippen molar-refractivity contribution in [2.24, 2.45) is 7.05 Å². The Hall–Kier alpha value is -1.86. The molecule has 0 spiro atoms. The van der Waals surface area contributed by atoms with Gasteiger partial charge < -0.3 is 5.32 Å². The van der Waals surface area contributed by atoms with Crippen LogP contribution in [0.25, 0.3) is 0 Å². The van der Waals surface area contributed by atoms with E-state index in [9.17, 15) is 13.2 Å². The number of nitrogens with zero attached hydrogens (tertiary/aromatic N) is 2. The Morgan fingerprint density at radius 1 is 1.26 bits per heavy atom. The summed E-state index contributed by atoms with van der Waals surface area (Å²) >= 11 is 0. The molecule has 1 aromatic heterocycles. The van der Waals surface area contributed by atoms with Gasteiger partial charge in [0.05, 0.1) is 4.90 Å². The van der Waals surface area contributed by atoms with Gasteiger partial charge in [-0.2, -0.15) is 5.10 Å². The smallest absolute Gasteiger partial charge is 0.273 e. The number of rotatable bonds is 3. The largest absolute Gasteiger partial charge is 0.321 e. The lowest BCUT2D eigenvalue weighted by Gasteiger charge is -2.05. The standard InChI is InChI=1S/C11H10ClN3O3S/c1-15-10(6-7-13-15)11(16)14-8-2-4-9(5-3-8)19(12,17)18/h2-7H,1H3,(H,14,16). The number of benzene rings is 1. The fourth-order valence-corrected chi connectivity index (χ4v) is 2.26. The van der Waals surface area contributed by atoms with E-state index in [-0.39, 0.29) is 10.8 Å². The highest BCUT2D eigenvalue weighted by Gasteiger charge is 2.12. The van der Waals surface area contributed by atoms with Crippen molar-refractivity contribution < 1.29 is 13.2 Å². The highest BCUT2D eigenvalue weighted by molar-refractivity contribution is 8.13. The molecular weight excluding hydrogens is 290 g/mol. The van der Waals surface area contributed by atoms with Crippen molar-refractivity contribution in [2.45, 2.75) is 4.90 Å². The summed E-state index contributed by atoms with van der Waals surface area (Å²) in [5, 5.41) is 6.51. The molecule has 0 aliphatic carbocycles. The van der Waals surface area contributed by atoms with Crippen molar-refractivity contribution in [3.05, 3.63) is 42.2 Å². The van der Waals surface area contributed by atoms with E-state index >= 15 is 0 Å². The number of carbonyl (C=O) groups excluding carboxylic acids is 1. The van der Waals surface area contributed by atoms with E-state index in [1.807, 2.05) is 0 Å². The number of aromatic nitrogens is 2. The molecule has 0 saturated carbocycles. The summed E-state index contributed by atoms with van der Waals surface area (Å²) in [5.41, 5.74) is 0.865. The van der Waals surface area contributed by atoms with E-state index in [0.717, 1.165) is 0 Å². The molecule has 8 heteroatoms. The molecule has 0 saturated heterocycles. The van der Waals surface area contributed by atoms with Gasteiger partial charge in [0.25, 0.3) is 15.0 Å². The van der Waals surface area contributed by atoms with Gasteiger partial charge in [0.2, 0.25) is 0 Å². The van der Waals surface area contributed by atoms with Crippen molar-refractivity contribution in [3.8, 4) is 0 Å². The zero-order valence-electron chi connectivity index (χ0n) is 9.87. The number of amides is 1. The molecule has 19 heavy (non-hydrogen) atoms. The van der Waals surface area contributed by atoms with Crippen LogP contribution in [0.4, 0.5) is 5.69 Å². The maximum Gasteiger partial charge on any atom is 0.273 e. The Bertz CT molecular complexity index is 707. The number of aryl methyl sites for hydroxylation is 1. The molecule has 2 aromatic rings. The minimum atomic E-state index is -3.75. The van der Waals surface area contributed by atoms with E-state index in [2.05, 4.69) is 10.4 Å². The number of hydrogen-bond donors (Lipinski definition) is 1. The van der Waals surface area contributed by atoms with Crippen LogP contribution < -0.4 is 5.32 Å². The fraction of sp³-hybridized carbons (Fsp3) is 0.0909. The van der Waals surface area contributed by atoms with Gasteiger partial charge in [0.1, 0.15) is 5.69 Å². The van der Waals surface area contributed by atoms with Crippen LogP contribution in [0.5, 0.6) is 0 Å². The molecule has 0 aliphatic rings. The first-order chi connectivity index (χ1) is 8.88. The third-order valence-corrected chi connectivity index (χ3v) is 3.82. The van der Waals surface area contributed by atoms with Crippen molar-refractivity contribution in [1.82, 2.24) is 9.78 Å². The summed E-state index contributed by atoms with van der Waals surface area (Å²) in [6, 6.07) is 7.14.